The molecule has 4 heteroatoms. The van der Waals surface area contributed by atoms with Gasteiger partial charge in [0.2, 0.25) is 0 Å². The molecule has 0 bridgehead atoms. The Bertz CT molecular complexity index is 988. The van der Waals surface area contributed by atoms with Crippen LogP contribution in [0.2, 0.25) is 0 Å². The lowest BCUT2D eigenvalue weighted by Crippen LogP contribution is -2.39. The molecule has 0 unspecified atom stereocenters. The highest BCUT2D eigenvalue weighted by Crippen LogP contribution is 2.28. The number of aromatic nitrogens is 1. The molecule has 1 amide bonds. The van der Waals surface area contributed by atoms with E-state index in [0.717, 1.165) is 54.8 Å². The van der Waals surface area contributed by atoms with Crippen LogP contribution in [0, 0.1) is 12.8 Å². The second-order valence-electron chi connectivity index (χ2n) is 8.10. The van der Waals surface area contributed by atoms with Crippen molar-refractivity contribution in [2.45, 2.75) is 39.7 Å². The van der Waals surface area contributed by atoms with Crippen LogP contribution < -0.4 is 0 Å². The van der Waals surface area contributed by atoms with Crippen LogP contribution >= 0.6 is 0 Å². The van der Waals surface area contributed by atoms with Crippen LogP contribution in [-0.4, -0.2) is 28.5 Å². The van der Waals surface area contributed by atoms with Gasteiger partial charge in [0.15, 0.2) is 5.58 Å². The summed E-state index contributed by atoms with van der Waals surface area (Å²) in [6, 6.07) is 14.5. The predicted octanol–water partition coefficient (Wildman–Crippen LogP) is 5.21. The maximum atomic E-state index is 13.3. The van der Waals surface area contributed by atoms with E-state index in [1.807, 2.05) is 35.4 Å². The zero-order valence-corrected chi connectivity index (χ0v) is 16.8. The number of furan rings is 1. The minimum absolute atomic E-state index is 0.100. The molecule has 4 nitrogen and oxygen atoms in total. The van der Waals surface area contributed by atoms with Crippen molar-refractivity contribution in [2.75, 3.05) is 13.1 Å². The molecule has 146 valence electrons. The Kier molecular flexibility index (Phi) is 5.12. The quantitative estimate of drug-likeness (QED) is 0.573. The number of benzene rings is 1. The number of hydrogen-bond acceptors (Lipinski definition) is 2. The number of likely N-dealkylation sites (tertiary alicyclic amines) is 1. The van der Waals surface area contributed by atoms with Gasteiger partial charge in [0.25, 0.3) is 5.91 Å². The van der Waals surface area contributed by atoms with Crippen molar-refractivity contribution in [3.63, 3.8) is 0 Å². The van der Waals surface area contributed by atoms with E-state index in [0.29, 0.717) is 18.2 Å². The number of fused-ring (bicyclic) bond motifs is 1. The molecule has 4 rings (SSSR count). The van der Waals surface area contributed by atoms with E-state index in [-0.39, 0.29) is 5.91 Å². The van der Waals surface area contributed by atoms with Crippen LogP contribution in [0.25, 0.3) is 11.1 Å². The molecule has 1 aliphatic heterocycles. The zero-order chi connectivity index (χ0) is 19.7. The molecular formula is C24H28N2O2. The minimum atomic E-state index is 0.100. The molecule has 2 aromatic heterocycles. The maximum absolute atomic E-state index is 13.3. The second kappa shape index (κ2) is 7.70. The van der Waals surface area contributed by atoms with Gasteiger partial charge in [0.1, 0.15) is 11.5 Å². The van der Waals surface area contributed by atoms with E-state index < -0.39 is 0 Å². The van der Waals surface area contributed by atoms with E-state index in [9.17, 15) is 4.79 Å². The highest BCUT2D eigenvalue weighted by atomic mass is 16.3. The summed E-state index contributed by atoms with van der Waals surface area (Å²) in [6.45, 7) is 10.2. The van der Waals surface area contributed by atoms with E-state index >= 15 is 0 Å². The van der Waals surface area contributed by atoms with Gasteiger partial charge in [-0.25, -0.2) is 0 Å². The number of hydrogen-bond donors (Lipinski definition) is 0. The van der Waals surface area contributed by atoms with Gasteiger partial charge in [-0.05, 0) is 44.6 Å². The first-order valence-corrected chi connectivity index (χ1v) is 10.1. The fourth-order valence-electron chi connectivity index (χ4n) is 4.23. The lowest BCUT2D eigenvalue weighted by molar-refractivity contribution is 0.0680. The molecular weight excluding hydrogens is 348 g/mol. The highest BCUT2D eigenvalue weighted by Gasteiger charge is 2.27. The van der Waals surface area contributed by atoms with Gasteiger partial charge in [-0.1, -0.05) is 42.5 Å². The standard InChI is InChI=1S/C24H28N2O2/c1-17(2)16-26-21-13-18(3)28-23(21)15-22(26)24(27)25-11-9-20(10-12-25)14-19-7-5-4-6-8-19/h4-8,13,15,20H,1,9-12,14,16H2,2-3H3. The molecule has 0 saturated carbocycles. The van der Waals surface area contributed by atoms with Crippen molar-refractivity contribution < 1.29 is 9.21 Å². The van der Waals surface area contributed by atoms with Gasteiger partial charge >= 0.3 is 0 Å². The number of piperidine rings is 1. The van der Waals surface area contributed by atoms with E-state index in [1.54, 1.807) is 0 Å². The molecule has 3 aromatic rings. The smallest absolute Gasteiger partial charge is 0.270 e. The van der Waals surface area contributed by atoms with Gasteiger partial charge in [0.05, 0.1) is 5.52 Å². The molecule has 0 spiro atoms. The molecule has 1 aromatic carbocycles. The zero-order valence-electron chi connectivity index (χ0n) is 16.8. The number of rotatable bonds is 5. The Morgan fingerprint density at radius 3 is 2.57 bits per heavy atom. The molecule has 3 heterocycles. The summed E-state index contributed by atoms with van der Waals surface area (Å²) >= 11 is 0. The van der Waals surface area contributed by atoms with Gasteiger partial charge in [-0.3, -0.25) is 4.79 Å². The first-order chi connectivity index (χ1) is 13.5. The Morgan fingerprint density at radius 2 is 1.89 bits per heavy atom. The number of amides is 1. The molecule has 1 aliphatic rings. The van der Waals surface area contributed by atoms with Crippen LogP contribution in [0.15, 0.2) is 59.0 Å². The molecule has 1 fully saturated rings. The number of nitrogens with zero attached hydrogens (tertiary/aromatic N) is 2. The first-order valence-electron chi connectivity index (χ1n) is 10.1. The third kappa shape index (κ3) is 3.77. The molecule has 0 atom stereocenters. The fourth-order valence-corrected chi connectivity index (χ4v) is 4.23. The van der Waals surface area contributed by atoms with E-state index in [4.69, 9.17) is 4.42 Å². The van der Waals surface area contributed by atoms with Gasteiger partial charge in [-0.2, -0.15) is 0 Å². The predicted molar refractivity (Wildman–Crippen MR) is 113 cm³/mol. The number of aryl methyl sites for hydroxylation is 1. The lowest BCUT2D eigenvalue weighted by atomic mass is 9.90. The Labute approximate surface area is 166 Å². The molecule has 0 N–H and O–H groups in total. The van der Waals surface area contributed by atoms with Crippen LogP contribution in [-0.2, 0) is 13.0 Å². The van der Waals surface area contributed by atoms with Crippen molar-refractivity contribution in [1.29, 1.82) is 0 Å². The topological polar surface area (TPSA) is 38.4 Å². The number of allylic oxidation sites excluding steroid dienone is 1. The van der Waals surface area contributed by atoms with Crippen molar-refractivity contribution in [1.82, 2.24) is 9.47 Å². The van der Waals surface area contributed by atoms with Gasteiger partial charge in [0, 0.05) is 31.8 Å². The van der Waals surface area contributed by atoms with E-state index in [2.05, 4.69) is 36.9 Å². The largest absolute Gasteiger partial charge is 0.460 e. The highest BCUT2D eigenvalue weighted by molar-refractivity contribution is 5.97. The average Bonchev–Trinajstić information content (AvgIpc) is 3.19. The Hall–Kier alpha value is -2.75. The summed E-state index contributed by atoms with van der Waals surface area (Å²) in [6.07, 6.45) is 3.20. The Morgan fingerprint density at radius 1 is 1.18 bits per heavy atom. The van der Waals surface area contributed by atoms with Crippen molar-refractivity contribution in [3.8, 4) is 0 Å². The fraction of sp³-hybridized carbons (Fsp3) is 0.375. The van der Waals surface area contributed by atoms with Crippen molar-refractivity contribution in [3.05, 3.63) is 71.6 Å². The molecule has 28 heavy (non-hydrogen) atoms. The third-order valence-corrected chi connectivity index (χ3v) is 5.63. The lowest BCUT2D eigenvalue weighted by Gasteiger charge is -2.32. The summed E-state index contributed by atoms with van der Waals surface area (Å²) < 4.78 is 7.82. The maximum Gasteiger partial charge on any atom is 0.270 e. The summed E-state index contributed by atoms with van der Waals surface area (Å²) in [5.41, 5.74) is 4.87. The van der Waals surface area contributed by atoms with Crippen LogP contribution in [0.5, 0.6) is 0 Å². The number of carbonyl (C=O) groups is 1. The Balaban J connectivity index is 1.48. The van der Waals surface area contributed by atoms with E-state index in [1.165, 1.54) is 5.56 Å². The van der Waals surface area contributed by atoms with Crippen LogP contribution in [0.3, 0.4) is 0 Å². The summed E-state index contributed by atoms with van der Waals surface area (Å²) in [7, 11) is 0. The second-order valence-corrected chi connectivity index (χ2v) is 8.10. The normalized spacial score (nSPS) is 15.3. The van der Waals surface area contributed by atoms with Crippen LogP contribution in [0.1, 0.15) is 41.6 Å². The van der Waals surface area contributed by atoms with Crippen molar-refractivity contribution >= 4 is 17.0 Å². The summed E-state index contributed by atoms with van der Waals surface area (Å²) in [5.74, 6) is 1.61. The first kappa shape index (κ1) is 18.6. The molecule has 0 radical (unpaired) electrons. The van der Waals surface area contributed by atoms with Crippen molar-refractivity contribution in [2.24, 2.45) is 5.92 Å². The SMILES string of the molecule is C=C(C)Cn1c(C(=O)N2CCC(Cc3ccccc3)CC2)cc2oc(C)cc21. The number of carbonyl (C=O) groups excluding carboxylic acids is 1. The van der Waals surface area contributed by atoms with Gasteiger partial charge < -0.3 is 13.9 Å². The molecule has 1 saturated heterocycles. The third-order valence-electron chi connectivity index (χ3n) is 5.63. The summed E-state index contributed by atoms with van der Waals surface area (Å²) in [5, 5.41) is 0. The van der Waals surface area contributed by atoms with Crippen LogP contribution in [0.4, 0.5) is 0 Å². The average molecular weight is 377 g/mol. The monoisotopic (exact) mass is 376 g/mol. The molecule has 0 aliphatic carbocycles. The minimum Gasteiger partial charge on any atom is -0.460 e. The summed E-state index contributed by atoms with van der Waals surface area (Å²) in [4.78, 5) is 15.3. The van der Waals surface area contributed by atoms with Gasteiger partial charge in [-0.15, -0.1) is 0 Å².